The van der Waals surface area contributed by atoms with Crippen LogP contribution in [0, 0.1) is 12.8 Å². The number of aliphatic hydroxyl groups is 3. The van der Waals surface area contributed by atoms with Crippen LogP contribution in [-0.2, 0) is 0 Å². The average Bonchev–Trinajstić information content (AvgIpc) is 3.39. The van der Waals surface area contributed by atoms with Crippen molar-refractivity contribution >= 4 is 39.0 Å². The van der Waals surface area contributed by atoms with Gasteiger partial charge in [0.05, 0.1) is 34.3 Å². The van der Waals surface area contributed by atoms with Crippen molar-refractivity contribution in [2.75, 3.05) is 24.4 Å². The molecule has 0 radical (unpaired) electrons. The van der Waals surface area contributed by atoms with Gasteiger partial charge in [-0.05, 0) is 44.0 Å². The van der Waals surface area contributed by atoms with E-state index in [-0.39, 0.29) is 13.0 Å². The smallest absolute Gasteiger partial charge is 0.229 e. The van der Waals surface area contributed by atoms with E-state index in [1.165, 1.54) is 11.3 Å². The lowest BCUT2D eigenvalue weighted by Gasteiger charge is -2.31. The summed E-state index contributed by atoms with van der Waals surface area (Å²) in [6.45, 7) is 1.65. The summed E-state index contributed by atoms with van der Waals surface area (Å²) in [5.41, 5.74) is 1.18. The van der Waals surface area contributed by atoms with Gasteiger partial charge in [0.15, 0.2) is 5.72 Å². The Balaban J connectivity index is 1.60. The van der Waals surface area contributed by atoms with Gasteiger partial charge in [-0.25, -0.2) is 9.97 Å². The van der Waals surface area contributed by atoms with Crippen LogP contribution in [-0.4, -0.2) is 55.8 Å². The summed E-state index contributed by atoms with van der Waals surface area (Å²) in [6, 6.07) is 15.3. The van der Waals surface area contributed by atoms with E-state index in [0.29, 0.717) is 45.9 Å². The van der Waals surface area contributed by atoms with Crippen LogP contribution in [0.25, 0.3) is 20.8 Å². The third-order valence-electron chi connectivity index (χ3n) is 6.35. The minimum atomic E-state index is -1.65. The fourth-order valence-electron chi connectivity index (χ4n) is 4.46. The molecule has 9 nitrogen and oxygen atoms in total. The summed E-state index contributed by atoms with van der Waals surface area (Å²) >= 11 is 1.50. The highest BCUT2D eigenvalue weighted by molar-refractivity contribution is 7.21. The van der Waals surface area contributed by atoms with Gasteiger partial charge in [0.1, 0.15) is 22.7 Å². The molecule has 3 unspecified atom stereocenters. The fraction of sp³-hybridized carbons (Fsp3) is 0.320. The van der Waals surface area contributed by atoms with Gasteiger partial charge in [0.25, 0.3) is 0 Å². The molecular formula is C25H27N5O4S. The van der Waals surface area contributed by atoms with Gasteiger partial charge in [-0.1, -0.05) is 24.3 Å². The van der Waals surface area contributed by atoms with Crippen molar-refractivity contribution in [3.63, 3.8) is 0 Å². The minimum Gasteiger partial charge on any atom is -0.495 e. The number of anilines is 3. The number of nitrogens with one attached hydrogen (secondary N) is 2. The molecule has 1 aliphatic rings. The molecule has 1 aliphatic carbocycles. The number of hydrogen-bond donors (Lipinski definition) is 5. The fourth-order valence-corrected chi connectivity index (χ4v) is 5.52. The number of hydrogen-bond acceptors (Lipinski definition) is 10. The van der Waals surface area contributed by atoms with E-state index in [0.717, 1.165) is 10.2 Å². The first-order chi connectivity index (χ1) is 16.9. The van der Waals surface area contributed by atoms with Crippen LogP contribution in [0.2, 0.25) is 0 Å². The zero-order chi connectivity index (χ0) is 24.6. The molecule has 2 aromatic heterocycles. The standard InChI is InChI=1S/C25H27N5O4S/c1-14-20(23-27-17-8-4-6-10-19(17)35-23)22(30-25(33)12-11-15(13-31)21(25)32)29-24(26-14)28-16-7-3-5-9-18(16)34-2/h3-10,15,21,31-33H,11-13H2,1-2H3,(H2,26,28,29,30). The van der Waals surface area contributed by atoms with E-state index in [2.05, 4.69) is 20.6 Å². The van der Waals surface area contributed by atoms with Crippen molar-refractivity contribution in [2.24, 2.45) is 5.92 Å². The number of nitrogens with zero attached hydrogens (tertiary/aromatic N) is 3. The molecule has 0 aliphatic heterocycles. The Morgan fingerprint density at radius 2 is 1.89 bits per heavy atom. The summed E-state index contributed by atoms with van der Waals surface area (Å²) in [7, 11) is 1.59. The highest BCUT2D eigenvalue weighted by atomic mass is 32.1. The van der Waals surface area contributed by atoms with Crippen LogP contribution in [0.4, 0.5) is 17.5 Å². The van der Waals surface area contributed by atoms with Crippen molar-refractivity contribution < 1.29 is 20.1 Å². The molecule has 5 N–H and O–H groups in total. The number of para-hydroxylation sites is 3. The molecule has 4 aromatic rings. The molecule has 0 saturated heterocycles. The maximum absolute atomic E-state index is 11.3. The lowest BCUT2D eigenvalue weighted by molar-refractivity contribution is -0.0545. The molecule has 0 amide bonds. The lowest BCUT2D eigenvalue weighted by Crippen LogP contribution is -2.48. The van der Waals surface area contributed by atoms with Gasteiger partial charge in [0, 0.05) is 12.5 Å². The molecule has 1 saturated carbocycles. The number of ether oxygens (including phenoxy) is 1. The molecule has 10 heteroatoms. The quantitative estimate of drug-likeness (QED) is 0.245. The summed E-state index contributed by atoms with van der Waals surface area (Å²) < 4.78 is 6.45. The Labute approximate surface area is 206 Å². The van der Waals surface area contributed by atoms with Crippen molar-refractivity contribution in [2.45, 2.75) is 31.6 Å². The van der Waals surface area contributed by atoms with Crippen molar-refractivity contribution in [3.05, 3.63) is 54.2 Å². The zero-order valence-corrected chi connectivity index (χ0v) is 20.2. The predicted octanol–water partition coefficient (Wildman–Crippen LogP) is 3.68. The van der Waals surface area contributed by atoms with Gasteiger partial charge in [-0.3, -0.25) is 0 Å². The monoisotopic (exact) mass is 493 g/mol. The first-order valence-electron chi connectivity index (χ1n) is 11.4. The second kappa shape index (κ2) is 9.38. The summed E-state index contributed by atoms with van der Waals surface area (Å²) in [5.74, 6) is 0.852. The average molecular weight is 494 g/mol. The van der Waals surface area contributed by atoms with Crippen LogP contribution >= 0.6 is 11.3 Å². The van der Waals surface area contributed by atoms with E-state index in [1.807, 2.05) is 55.5 Å². The molecular weight excluding hydrogens is 466 g/mol. The van der Waals surface area contributed by atoms with Gasteiger partial charge < -0.3 is 30.7 Å². The first kappa shape index (κ1) is 23.4. The maximum Gasteiger partial charge on any atom is 0.229 e. The number of aryl methyl sites for hydroxylation is 1. The highest BCUT2D eigenvalue weighted by Gasteiger charge is 2.47. The Morgan fingerprint density at radius 3 is 2.63 bits per heavy atom. The highest BCUT2D eigenvalue weighted by Crippen LogP contribution is 2.41. The van der Waals surface area contributed by atoms with Crippen LogP contribution in [0.15, 0.2) is 48.5 Å². The molecule has 182 valence electrons. The number of thiazole rings is 1. The number of fused-ring (bicyclic) bond motifs is 1. The maximum atomic E-state index is 11.3. The molecule has 0 bridgehead atoms. The Hall–Kier alpha value is -3.31. The number of aliphatic hydroxyl groups excluding tert-OH is 2. The van der Waals surface area contributed by atoms with Crippen molar-refractivity contribution in [3.8, 4) is 16.3 Å². The third kappa shape index (κ3) is 4.41. The first-order valence-corrected chi connectivity index (χ1v) is 12.2. The van der Waals surface area contributed by atoms with Gasteiger partial charge in [0.2, 0.25) is 5.95 Å². The van der Waals surface area contributed by atoms with Gasteiger partial charge in [-0.2, -0.15) is 4.98 Å². The molecule has 5 rings (SSSR count). The molecule has 35 heavy (non-hydrogen) atoms. The SMILES string of the molecule is COc1ccccc1Nc1nc(C)c(-c2nc3ccccc3s2)c(NC2(O)CCC(CO)C2O)n1. The van der Waals surface area contributed by atoms with E-state index in [9.17, 15) is 15.3 Å². The van der Waals surface area contributed by atoms with Crippen LogP contribution in [0.3, 0.4) is 0 Å². The largest absolute Gasteiger partial charge is 0.495 e. The molecule has 0 spiro atoms. The van der Waals surface area contributed by atoms with Crippen LogP contribution in [0.1, 0.15) is 18.5 Å². The normalized spacial score (nSPS) is 21.9. The predicted molar refractivity (Wildman–Crippen MR) is 136 cm³/mol. The molecule has 2 aromatic carbocycles. The van der Waals surface area contributed by atoms with E-state index < -0.39 is 17.7 Å². The number of methoxy groups -OCH3 is 1. The van der Waals surface area contributed by atoms with Crippen LogP contribution < -0.4 is 15.4 Å². The van der Waals surface area contributed by atoms with Crippen molar-refractivity contribution in [1.82, 2.24) is 15.0 Å². The number of benzene rings is 2. The van der Waals surface area contributed by atoms with E-state index in [4.69, 9.17) is 9.72 Å². The van der Waals surface area contributed by atoms with Crippen molar-refractivity contribution in [1.29, 1.82) is 0 Å². The third-order valence-corrected chi connectivity index (χ3v) is 7.41. The minimum absolute atomic E-state index is 0.209. The van der Waals surface area contributed by atoms with Gasteiger partial charge in [-0.15, -0.1) is 11.3 Å². The Kier molecular flexibility index (Phi) is 6.28. The van der Waals surface area contributed by atoms with Gasteiger partial charge >= 0.3 is 0 Å². The molecule has 3 atom stereocenters. The van der Waals surface area contributed by atoms with E-state index >= 15 is 0 Å². The summed E-state index contributed by atoms with van der Waals surface area (Å²) in [4.78, 5) is 14.1. The zero-order valence-electron chi connectivity index (χ0n) is 19.4. The molecule has 1 fully saturated rings. The second-order valence-corrected chi connectivity index (χ2v) is 9.67. The van der Waals surface area contributed by atoms with E-state index in [1.54, 1.807) is 7.11 Å². The Bertz CT molecular complexity index is 1330. The molecule has 2 heterocycles. The topological polar surface area (TPSA) is 133 Å². The van der Waals surface area contributed by atoms with Crippen LogP contribution in [0.5, 0.6) is 5.75 Å². The second-order valence-electron chi connectivity index (χ2n) is 8.64. The number of aromatic nitrogens is 3. The Morgan fingerprint density at radius 1 is 1.11 bits per heavy atom. The lowest BCUT2D eigenvalue weighted by atomic mass is 10.0. The summed E-state index contributed by atoms with van der Waals surface area (Å²) in [5, 5.41) is 38.6. The summed E-state index contributed by atoms with van der Waals surface area (Å²) in [6.07, 6.45) is -0.415. The number of rotatable bonds is 7.